The topological polar surface area (TPSA) is 55.6 Å². The minimum absolute atomic E-state index is 0.621. The predicted octanol–water partition coefficient (Wildman–Crippen LogP) is 2.33. The van der Waals surface area contributed by atoms with Gasteiger partial charge in [0.1, 0.15) is 0 Å². The number of aryl methyl sites for hydroxylation is 1. The van der Waals surface area contributed by atoms with Gasteiger partial charge in [0.15, 0.2) is 5.82 Å². The van der Waals surface area contributed by atoms with Crippen LogP contribution in [0.25, 0.3) is 5.69 Å². The number of aromatic nitrogens is 4. The van der Waals surface area contributed by atoms with Crippen LogP contribution < -0.4 is 5.32 Å². The van der Waals surface area contributed by atoms with E-state index in [-0.39, 0.29) is 0 Å². The van der Waals surface area contributed by atoms with Crippen LogP contribution >= 0.6 is 0 Å². The molecule has 18 heavy (non-hydrogen) atoms. The highest BCUT2D eigenvalue weighted by molar-refractivity contribution is 5.51. The normalized spacial score (nSPS) is 16.1. The summed E-state index contributed by atoms with van der Waals surface area (Å²) >= 11 is 0. The molecule has 0 unspecified atom stereocenters. The standard InChI is InChI=1S/C13H17N5/c1-10-15-16-17-18(10)13-8-4-7-12(9-13)14-11-5-2-3-6-11/h4,7-9,11,14H,2-3,5-6H2,1H3. The summed E-state index contributed by atoms with van der Waals surface area (Å²) in [5.74, 6) is 0.799. The first-order valence-corrected chi connectivity index (χ1v) is 6.45. The molecule has 5 heteroatoms. The maximum Gasteiger partial charge on any atom is 0.153 e. The molecular weight excluding hydrogens is 226 g/mol. The van der Waals surface area contributed by atoms with Gasteiger partial charge in [0.25, 0.3) is 0 Å². The van der Waals surface area contributed by atoms with Gasteiger partial charge in [-0.3, -0.25) is 0 Å². The zero-order valence-corrected chi connectivity index (χ0v) is 10.5. The molecule has 2 aromatic rings. The van der Waals surface area contributed by atoms with Crippen molar-refractivity contribution >= 4 is 5.69 Å². The van der Waals surface area contributed by atoms with E-state index < -0.39 is 0 Å². The molecular formula is C13H17N5. The molecule has 1 saturated carbocycles. The fourth-order valence-electron chi connectivity index (χ4n) is 2.50. The molecule has 0 amide bonds. The number of hydrogen-bond donors (Lipinski definition) is 1. The Bertz CT molecular complexity index is 528. The van der Waals surface area contributed by atoms with Crippen molar-refractivity contribution < 1.29 is 0 Å². The number of benzene rings is 1. The summed E-state index contributed by atoms with van der Waals surface area (Å²) in [7, 11) is 0. The monoisotopic (exact) mass is 243 g/mol. The fourth-order valence-corrected chi connectivity index (χ4v) is 2.50. The summed E-state index contributed by atoms with van der Waals surface area (Å²) in [5.41, 5.74) is 2.15. The molecule has 1 fully saturated rings. The molecule has 3 rings (SSSR count). The van der Waals surface area contributed by atoms with Crippen LogP contribution in [0.1, 0.15) is 31.5 Å². The second-order valence-corrected chi connectivity index (χ2v) is 4.81. The highest BCUT2D eigenvalue weighted by Crippen LogP contribution is 2.23. The van der Waals surface area contributed by atoms with Crippen molar-refractivity contribution in [2.24, 2.45) is 0 Å². The Morgan fingerprint density at radius 1 is 1.28 bits per heavy atom. The van der Waals surface area contributed by atoms with Gasteiger partial charge in [0, 0.05) is 11.7 Å². The highest BCUT2D eigenvalue weighted by Gasteiger charge is 2.14. The van der Waals surface area contributed by atoms with Crippen LogP contribution in [0.2, 0.25) is 0 Å². The Hall–Kier alpha value is -1.91. The molecule has 1 aromatic heterocycles. The molecule has 0 saturated heterocycles. The van der Waals surface area contributed by atoms with Crippen molar-refractivity contribution in [3.8, 4) is 5.69 Å². The number of rotatable bonds is 3. The van der Waals surface area contributed by atoms with Crippen molar-refractivity contribution in [3.05, 3.63) is 30.1 Å². The zero-order valence-electron chi connectivity index (χ0n) is 10.5. The van der Waals surface area contributed by atoms with E-state index in [1.54, 1.807) is 4.68 Å². The number of nitrogens with one attached hydrogen (secondary N) is 1. The summed E-state index contributed by atoms with van der Waals surface area (Å²) in [5, 5.41) is 15.1. The summed E-state index contributed by atoms with van der Waals surface area (Å²) in [6.45, 7) is 1.90. The molecule has 1 N–H and O–H groups in total. The maximum absolute atomic E-state index is 3.99. The Labute approximate surface area is 106 Å². The third-order valence-electron chi connectivity index (χ3n) is 3.44. The van der Waals surface area contributed by atoms with E-state index in [2.05, 4.69) is 33.0 Å². The van der Waals surface area contributed by atoms with Crippen LogP contribution in [0.3, 0.4) is 0 Å². The number of anilines is 1. The smallest absolute Gasteiger partial charge is 0.153 e. The molecule has 0 aliphatic heterocycles. The molecule has 1 aliphatic carbocycles. The largest absolute Gasteiger partial charge is 0.382 e. The lowest BCUT2D eigenvalue weighted by molar-refractivity contribution is 0.753. The van der Waals surface area contributed by atoms with Crippen molar-refractivity contribution in [3.63, 3.8) is 0 Å². The molecule has 0 atom stereocenters. The Morgan fingerprint density at radius 3 is 2.83 bits per heavy atom. The number of tetrazole rings is 1. The van der Waals surface area contributed by atoms with Gasteiger partial charge in [-0.2, -0.15) is 4.68 Å². The van der Waals surface area contributed by atoms with E-state index in [9.17, 15) is 0 Å². The van der Waals surface area contributed by atoms with Gasteiger partial charge in [0.05, 0.1) is 5.69 Å². The quantitative estimate of drug-likeness (QED) is 0.899. The SMILES string of the molecule is Cc1nnnn1-c1cccc(NC2CCCC2)c1. The predicted molar refractivity (Wildman–Crippen MR) is 69.8 cm³/mol. The van der Waals surface area contributed by atoms with E-state index in [1.165, 1.54) is 25.7 Å². The first kappa shape index (κ1) is 11.2. The van der Waals surface area contributed by atoms with E-state index in [4.69, 9.17) is 0 Å². The average molecular weight is 243 g/mol. The van der Waals surface area contributed by atoms with Gasteiger partial charge < -0.3 is 5.32 Å². The first-order chi connectivity index (χ1) is 8.83. The van der Waals surface area contributed by atoms with Gasteiger partial charge in [-0.15, -0.1) is 5.10 Å². The molecule has 0 bridgehead atoms. The Morgan fingerprint density at radius 2 is 2.11 bits per heavy atom. The molecule has 5 nitrogen and oxygen atoms in total. The number of nitrogens with zero attached hydrogens (tertiary/aromatic N) is 4. The summed E-state index contributed by atoms with van der Waals surface area (Å²) in [6, 6.07) is 8.87. The van der Waals surface area contributed by atoms with Crippen LogP contribution in [0.15, 0.2) is 24.3 Å². The van der Waals surface area contributed by atoms with Gasteiger partial charge >= 0.3 is 0 Å². The van der Waals surface area contributed by atoms with Crippen molar-refractivity contribution in [1.82, 2.24) is 20.2 Å². The molecule has 1 aromatic carbocycles. The highest BCUT2D eigenvalue weighted by atomic mass is 15.5. The molecule has 0 spiro atoms. The Balaban J connectivity index is 1.82. The second-order valence-electron chi connectivity index (χ2n) is 4.81. The summed E-state index contributed by atoms with van der Waals surface area (Å²) < 4.78 is 1.75. The molecule has 94 valence electrons. The lowest BCUT2D eigenvalue weighted by Crippen LogP contribution is -2.14. The number of hydrogen-bond acceptors (Lipinski definition) is 4. The van der Waals surface area contributed by atoms with Gasteiger partial charge in [-0.25, -0.2) is 0 Å². The fraction of sp³-hybridized carbons (Fsp3) is 0.462. The van der Waals surface area contributed by atoms with Gasteiger partial charge in [-0.05, 0) is 48.4 Å². The maximum atomic E-state index is 3.99. The second kappa shape index (κ2) is 4.76. The van der Waals surface area contributed by atoms with Crippen LogP contribution in [-0.4, -0.2) is 26.2 Å². The lowest BCUT2D eigenvalue weighted by atomic mass is 10.2. The molecule has 0 radical (unpaired) electrons. The van der Waals surface area contributed by atoms with E-state index in [0.717, 1.165) is 17.2 Å². The van der Waals surface area contributed by atoms with Crippen molar-refractivity contribution in [2.45, 2.75) is 38.6 Å². The zero-order chi connectivity index (χ0) is 12.4. The van der Waals surface area contributed by atoms with Crippen LogP contribution in [-0.2, 0) is 0 Å². The minimum Gasteiger partial charge on any atom is -0.382 e. The third kappa shape index (κ3) is 2.20. The summed E-state index contributed by atoms with van der Waals surface area (Å²) in [6.07, 6.45) is 5.22. The van der Waals surface area contributed by atoms with Gasteiger partial charge in [-0.1, -0.05) is 18.9 Å². The van der Waals surface area contributed by atoms with Crippen LogP contribution in [0.4, 0.5) is 5.69 Å². The van der Waals surface area contributed by atoms with Crippen LogP contribution in [0, 0.1) is 6.92 Å². The minimum atomic E-state index is 0.621. The molecule has 1 aliphatic rings. The average Bonchev–Trinajstić information content (AvgIpc) is 3.01. The van der Waals surface area contributed by atoms with E-state index in [1.807, 2.05) is 19.1 Å². The van der Waals surface area contributed by atoms with E-state index in [0.29, 0.717) is 6.04 Å². The van der Waals surface area contributed by atoms with Gasteiger partial charge in [0.2, 0.25) is 0 Å². The van der Waals surface area contributed by atoms with Crippen molar-refractivity contribution in [2.75, 3.05) is 5.32 Å². The summed E-state index contributed by atoms with van der Waals surface area (Å²) in [4.78, 5) is 0. The van der Waals surface area contributed by atoms with E-state index >= 15 is 0 Å². The molecule has 1 heterocycles. The Kier molecular flexibility index (Phi) is 2.96. The third-order valence-corrected chi connectivity index (χ3v) is 3.44. The van der Waals surface area contributed by atoms with Crippen LogP contribution in [0.5, 0.6) is 0 Å². The first-order valence-electron chi connectivity index (χ1n) is 6.45. The lowest BCUT2D eigenvalue weighted by Gasteiger charge is -2.14. The van der Waals surface area contributed by atoms with Crippen molar-refractivity contribution in [1.29, 1.82) is 0 Å².